The number of esters is 1. The summed E-state index contributed by atoms with van der Waals surface area (Å²) in [5, 5.41) is 21.6. The first-order chi connectivity index (χ1) is 12.5. The number of ether oxygens (including phenoxy) is 1. The van der Waals surface area contributed by atoms with Gasteiger partial charge in [0.2, 0.25) is 11.8 Å². The van der Waals surface area contributed by atoms with Gasteiger partial charge in [-0.15, -0.1) is 0 Å². The van der Waals surface area contributed by atoms with E-state index in [9.17, 15) is 14.8 Å². The number of benzene rings is 1. The number of carbonyl (C=O) groups excluding carboxylic acids is 2. The van der Waals surface area contributed by atoms with Crippen molar-refractivity contribution in [2.24, 2.45) is 0 Å². The topological polar surface area (TPSA) is 115 Å². The summed E-state index contributed by atoms with van der Waals surface area (Å²) in [7, 11) is 0. The smallest absolute Gasteiger partial charge is 0.306 e. The molecule has 1 amide bonds. The fourth-order valence-electron chi connectivity index (χ4n) is 2.11. The summed E-state index contributed by atoms with van der Waals surface area (Å²) in [5.74, 6) is -0.648. The van der Waals surface area contributed by atoms with Crippen LogP contribution in [0, 0.1) is 5.21 Å². The van der Waals surface area contributed by atoms with Gasteiger partial charge in [0.15, 0.2) is 0 Å². The number of rotatable bonds is 8. The highest BCUT2D eigenvalue weighted by molar-refractivity contribution is 6.01. The van der Waals surface area contributed by atoms with Gasteiger partial charge >= 0.3 is 5.97 Å². The maximum absolute atomic E-state index is 11.9. The van der Waals surface area contributed by atoms with Crippen molar-refractivity contribution in [3.63, 3.8) is 0 Å². The van der Waals surface area contributed by atoms with Crippen LogP contribution in [0.25, 0.3) is 6.08 Å². The second-order valence-corrected chi connectivity index (χ2v) is 5.27. The molecule has 8 heteroatoms. The molecule has 138 valence electrons. The van der Waals surface area contributed by atoms with Gasteiger partial charge in [-0.05, 0) is 43.2 Å². The van der Waals surface area contributed by atoms with Crippen LogP contribution in [0.1, 0.15) is 24.7 Å². The molecule has 2 N–H and O–H groups in total. The first-order valence-corrected chi connectivity index (χ1v) is 7.97. The Balaban J connectivity index is 1.84. The van der Waals surface area contributed by atoms with Crippen molar-refractivity contribution in [2.75, 3.05) is 17.2 Å². The quantitative estimate of drug-likeness (QED) is 0.423. The number of carbonyl (C=O) groups is 2. The molecule has 0 fully saturated rings. The molecule has 2 aromatic rings. The number of nitrogens with zero attached hydrogens (tertiary/aromatic N) is 1. The Labute approximate surface area is 150 Å². The minimum absolute atomic E-state index is 0.239. The molecule has 0 aliphatic carbocycles. The lowest BCUT2D eigenvalue weighted by atomic mass is 10.1. The largest absolute Gasteiger partial charge is 0.731 e. The fraction of sp³-hybridized carbons (Fsp3) is 0.222. The summed E-state index contributed by atoms with van der Waals surface area (Å²) in [6.07, 6.45) is 3.48. The average Bonchev–Trinajstić information content (AvgIpc) is 3.09. The van der Waals surface area contributed by atoms with E-state index in [1.807, 2.05) is 12.1 Å². The maximum atomic E-state index is 11.9. The zero-order chi connectivity index (χ0) is 18.9. The molecule has 1 aromatic carbocycles. The van der Waals surface area contributed by atoms with Crippen LogP contribution in [-0.2, 0) is 20.7 Å². The predicted octanol–water partition coefficient (Wildman–Crippen LogP) is 3.12. The third kappa shape index (κ3) is 6.08. The summed E-state index contributed by atoms with van der Waals surface area (Å²) in [6, 6.07) is 9.83. The fourth-order valence-corrected chi connectivity index (χ4v) is 2.11. The molecule has 0 aliphatic rings. The van der Waals surface area contributed by atoms with Gasteiger partial charge in [-0.3, -0.25) is 20.0 Å². The van der Waals surface area contributed by atoms with Gasteiger partial charge in [0, 0.05) is 24.3 Å². The van der Waals surface area contributed by atoms with Gasteiger partial charge in [-0.2, -0.15) is 0 Å². The molecular weight excluding hydrogens is 340 g/mol. The number of furan rings is 1. The van der Waals surface area contributed by atoms with E-state index in [1.165, 1.54) is 24.3 Å². The monoisotopic (exact) mass is 359 g/mol. The number of hydrogen-bond donors (Lipinski definition) is 2. The molecule has 0 saturated heterocycles. The molecule has 0 spiro atoms. The molecular formula is C18H19N2O6-. The summed E-state index contributed by atoms with van der Waals surface area (Å²) in [4.78, 5) is 23.2. The van der Waals surface area contributed by atoms with Crippen molar-refractivity contribution in [3.8, 4) is 0 Å². The molecule has 26 heavy (non-hydrogen) atoms. The molecule has 0 saturated carbocycles. The van der Waals surface area contributed by atoms with Crippen LogP contribution in [-0.4, -0.2) is 23.7 Å². The highest BCUT2D eigenvalue weighted by Crippen LogP contribution is 2.17. The van der Waals surface area contributed by atoms with Gasteiger partial charge in [-0.1, -0.05) is 12.1 Å². The van der Waals surface area contributed by atoms with E-state index in [4.69, 9.17) is 14.4 Å². The molecule has 0 bridgehead atoms. The van der Waals surface area contributed by atoms with Crippen molar-refractivity contribution in [1.82, 2.24) is 0 Å². The molecule has 0 unspecified atom stereocenters. The number of aryl methyl sites for hydroxylation is 1. The Kier molecular flexibility index (Phi) is 6.95. The van der Waals surface area contributed by atoms with Crippen molar-refractivity contribution >= 4 is 29.5 Å². The van der Waals surface area contributed by atoms with Crippen LogP contribution in [0.4, 0.5) is 11.6 Å². The normalized spacial score (nSPS) is 10.7. The van der Waals surface area contributed by atoms with E-state index in [2.05, 4.69) is 5.32 Å². The van der Waals surface area contributed by atoms with Crippen molar-refractivity contribution in [1.29, 1.82) is 0 Å². The minimum Gasteiger partial charge on any atom is -0.731 e. The molecule has 1 heterocycles. The second-order valence-electron chi connectivity index (χ2n) is 5.27. The first-order valence-electron chi connectivity index (χ1n) is 7.97. The van der Waals surface area contributed by atoms with Gasteiger partial charge < -0.3 is 19.7 Å². The zero-order valence-electron chi connectivity index (χ0n) is 14.2. The highest BCUT2D eigenvalue weighted by atomic mass is 16.8. The molecule has 0 radical (unpaired) electrons. The highest BCUT2D eigenvalue weighted by Gasteiger charge is 2.04. The van der Waals surface area contributed by atoms with Gasteiger partial charge in [0.1, 0.15) is 5.76 Å². The summed E-state index contributed by atoms with van der Waals surface area (Å²) in [5.41, 5.74) is 1.56. The molecule has 2 rings (SSSR count). The van der Waals surface area contributed by atoms with Crippen LogP contribution in [0.5, 0.6) is 0 Å². The van der Waals surface area contributed by atoms with Gasteiger partial charge in [0.05, 0.1) is 6.61 Å². The number of anilines is 2. The van der Waals surface area contributed by atoms with Gasteiger partial charge in [-0.25, -0.2) is 0 Å². The maximum Gasteiger partial charge on any atom is 0.306 e. The van der Waals surface area contributed by atoms with E-state index in [0.717, 1.165) is 5.56 Å². The lowest BCUT2D eigenvalue weighted by Crippen LogP contribution is -2.08. The Hall–Kier alpha value is -3.10. The van der Waals surface area contributed by atoms with E-state index in [-0.39, 0.29) is 23.5 Å². The summed E-state index contributed by atoms with van der Waals surface area (Å²) in [6.45, 7) is 2.13. The Morgan fingerprint density at radius 1 is 1.27 bits per heavy atom. The summed E-state index contributed by atoms with van der Waals surface area (Å²) < 4.78 is 9.86. The molecule has 0 atom stereocenters. The Morgan fingerprint density at radius 3 is 2.62 bits per heavy atom. The van der Waals surface area contributed by atoms with Crippen molar-refractivity contribution in [3.05, 3.63) is 59.0 Å². The van der Waals surface area contributed by atoms with Crippen LogP contribution in [0.2, 0.25) is 0 Å². The molecule has 0 aliphatic heterocycles. The zero-order valence-corrected chi connectivity index (χ0v) is 14.2. The van der Waals surface area contributed by atoms with Gasteiger partial charge in [0.25, 0.3) is 0 Å². The van der Waals surface area contributed by atoms with Crippen LogP contribution < -0.4 is 10.5 Å². The third-order valence-corrected chi connectivity index (χ3v) is 3.34. The van der Waals surface area contributed by atoms with Crippen LogP contribution >= 0.6 is 0 Å². The Bertz CT molecular complexity index is 764. The SMILES string of the molecule is CCOC(=O)CCc1ccc(NC(=O)/C=C/c2ccc(N([O-])O)o2)cc1. The van der Waals surface area contributed by atoms with E-state index in [0.29, 0.717) is 25.1 Å². The predicted molar refractivity (Wildman–Crippen MR) is 95.4 cm³/mol. The standard InChI is InChI=1S/C18H19N2O6/c1-2-25-18(22)12-5-13-3-6-14(7-4-13)19-16(21)10-8-15-9-11-17(26-15)20(23)24/h3-4,6-11,23H,2,5,12H2,1H3,(H,19,21)/q-1/b10-8+. The molecule has 1 aromatic heterocycles. The number of amides is 1. The lowest BCUT2D eigenvalue weighted by molar-refractivity contribution is -0.143. The van der Waals surface area contributed by atoms with E-state index < -0.39 is 5.23 Å². The minimum atomic E-state index is -0.402. The number of nitrogens with one attached hydrogen (secondary N) is 1. The average molecular weight is 359 g/mol. The second kappa shape index (κ2) is 9.40. The van der Waals surface area contributed by atoms with Crippen LogP contribution in [0.3, 0.4) is 0 Å². The third-order valence-electron chi connectivity index (χ3n) is 3.34. The van der Waals surface area contributed by atoms with Crippen molar-refractivity contribution in [2.45, 2.75) is 19.8 Å². The van der Waals surface area contributed by atoms with E-state index >= 15 is 0 Å². The molecule has 8 nitrogen and oxygen atoms in total. The lowest BCUT2D eigenvalue weighted by Gasteiger charge is -2.16. The van der Waals surface area contributed by atoms with Crippen molar-refractivity contribution < 1.29 is 24.0 Å². The number of hydrogen-bond acceptors (Lipinski definition) is 7. The van der Waals surface area contributed by atoms with E-state index in [1.54, 1.807) is 19.1 Å². The Morgan fingerprint density at radius 2 is 2.00 bits per heavy atom. The summed E-state index contributed by atoms with van der Waals surface area (Å²) >= 11 is 0. The van der Waals surface area contributed by atoms with Crippen LogP contribution in [0.15, 0.2) is 46.9 Å². The first kappa shape index (κ1) is 19.2.